The molecule has 0 heterocycles. The number of ether oxygens (including phenoxy) is 1. The van der Waals surface area contributed by atoms with Crippen molar-refractivity contribution < 1.29 is 17.9 Å². The molecule has 0 fully saturated rings. The molecule has 0 radical (unpaired) electrons. The van der Waals surface area contributed by atoms with Crippen molar-refractivity contribution in [2.75, 3.05) is 30.8 Å². The number of sulfonamides is 1. The van der Waals surface area contributed by atoms with Gasteiger partial charge in [0.05, 0.1) is 19.1 Å². The first kappa shape index (κ1) is 21.1. The number of anilines is 1. The van der Waals surface area contributed by atoms with E-state index >= 15 is 0 Å². The quantitative estimate of drug-likeness (QED) is 0.726. The van der Waals surface area contributed by atoms with Crippen molar-refractivity contribution in [1.29, 1.82) is 0 Å². The Morgan fingerprint density at radius 2 is 1.85 bits per heavy atom. The SMILES string of the molecule is COc1ccc(CCNC(=O)CN(c2ccc(C)c(Cl)c2)S(C)(=O)=O)cc1. The van der Waals surface area contributed by atoms with Gasteiger partial charge in [-0.1, -0.05) is 29.8 Å². The van der Waals surface area contributed by atoms with E-state index in [1.165, 1.54) is 0 Å². The minimum Gasteiger partial charge on any atom is -0.497 e. The number of aryl methyl sites for hydroxylation is 1. The maximum absolute atomic E-state index is 12.2. The molecule has 0 aliphatic heterocycles. The molecule has 0 saturated heterocycles. The van der Waals surface area contributed by atoms with E-state index in [9.17, 15) is 13.2 Å². The molecule has 0 spiro atoms. The average Bonchev–Trinajstić information content (AvgIpc) is 2.62. The van der Waals surface area contributed by atoms with Gasteiger partial charge < -0.3 is 10.1 Å². The van der Waals surface area contributed by atoms with Gasteiger partial charge in [0.25, 0.3) is 0 Å². The largest absolute Gasteiger partial charge is 0.497 e. The monoisotopic (exact) mass is 410 g/mol. The molecular weight excluding hydrogens is 388 g/mol. The molecule has 0 aliphatic carbocycles. The van der Waals surface area contributed by atoms with E-state index in [1.807, 2.05) is 31.2 Å². The van der Waals surface area contributed by atoms with Crippen LogP contribution in [0.2, 0.25) is 5.02 Å². The van der Waals surface area contributed by atoms with Crippen molar-refractivity contribution in [3.05, 3.63) is 58.6 Å². The van der Waals surface area contributed by atoms with Crippen LogP contribution in [0.15, 0.2) is 42.5 Å². The summed E-state index contributed by atoms with van der Waals surface area (Å²) in [6.07, 6.45) is 1.69. The van der Waals surface area contributed by atoms with E-state index < -0.39 is 10.0 Å². The maximum Gasteiger partial charge on any atom is 0.240 e. The number of rotatable bonds is 8. The number of carbonyl (C=O) groups is 1. The molecule has 2 aromatic carbocycles. The number of hydrogen-bond acceptors (Lipinski definition) is 4. The second-order valence-corrected chi connectivity index (χ2v) is 8.47. The minimum atomic E-state index is -3.63. The molecule has 0 saturated carbocycles. The van der Waals surface area contributed by atoms with E-state index in [-0.39, 0.29) is 12.5 Å². The Balaban J connectivity index is 1.98. The zero-order valence-electron chi connectivity index (χ0n) is 15.5. The van der Waals surface area contributed by atoms with E-state index in [1.54, 1.807) is 25.3 Å². The summed E-state index contributed by atoms with van der Waals surface area (Å²) in [5.41, 5.74) is 2.23. The van der Waals surface area contributed by atoms with Gasteiger partial charge in [0.1, 0.15) is 12.3 Å². The number of amides is 1. The molecule has 0 aliphatic rings. The molecule has 0 bridgehead atoms. The van der Waals surface area contributed by atoms with Crippen LogP contribution >= 0.6 is 11.6 Å². The average molecular weight is 411 g/mol. The third kappa shape index (κ3) is 6.15. The smallest absolute Gasteiger partial charge is 0.240 e. The molecule has 1 N–H and O–H groups in total. The summed E-state index contributed by atoms with van der Waals surface area (Å²) in [4.78, 5) is 12.2. The summed E-state index contributed by atoms with van der Waals surface area (Å²) in [6.45, 7) is 1.92. The molecule has 6 nitrogen and oxygen atoms in total. The first-order chi connectivity index (χ1) is 12.7. The highest BCUT2D eigenvalue weighted by Crippen LogP contribution is 2.24. The van der Waals surface area contributed by atoms with Crippen molar-refractivity contribution in [2.45, 2.75) is 13.3 Å². The van der Waals surface area contributed by atoms with Crippen LogP contribution in [0.4, 0.5) is 5.69 Å². The van der Waals surface area contributed by atoms with Crippen molar-refractivity contribution in [1.82, 2.24) is 5.32 Å². The van der Waals surface area contributed by atoms with Crippen LogP contribution in [0.5, 0.6) is 5.75 Å². The number of halogens is 1. The number of methoxy groups -OCH3 is 1. The highest BCUT2D eigenvalue weighted by molar-refractivity contribution is 7.92. The normalized spacial score (nSPS) is 11.1. The third-order valence-electron chi connectivity index (χ3n) is 4.03. The van der Waals surface area contributed by atoms with Crippen molar-refractivity contribution >= 4 is 33.2 Å². The number of nitrogens with one attached hydrogen (secondary N) is 1. The predicted octanol–water partition coefficient (Wildman–Crippen LogP) is 2.78. The fraction of sp³-hybridized carbons (Fsp3) is 0.316. The Bertz CT molecular complexity index is 898. The number of hydrogen-bond donors (Lipinski definition) is 1. The summed E-state index contributed by atoms with van der Waals surface area (Å²) in [5.74, 6) is 0.383. The Morgan fingerprint density at radius 1 is 1.19 bits per heavy atom. The summed E-state index contributed by atoms with van der Waals surface area (Å²) in [6, 6.07) is 12.4. The second kappa shape index (κ2) is 9.10. The Morgan fingerprint density at radius 3 is 2.41 bits per heavy atom. The standard InChI is InChI=1S/C19H23ClN2O4S/c1-14-4-7-16(12-18(14)20)22(27(3,24)25)13-19(23)21-11-10-15-5-8-17(26-2)9-6-15/h4-9,12H,10-11,13H2,1-3H3,(H,21,23). The van der Waals surface area contributed by atoms with Crippen molar-refractivity contribution in [3.8, 4) is 5.75 Å². The van der Waals surface area contributed by atoms with Crippen LogP contribution in [0.1, 0.15) is 11.1 Å². The number of nitrogens with zero attached hydrogens (tertiary/aromatic N) is 1. The van der Waals surface area contributed by atoms with Crippen LogP contribution in [0.3, 0.4) is 0 Å². The molecule has 2 rings (SSSR count). The fourth-order valence-electron chi connectivity index (χ4n) is 2.46. The molecular formula is C19H23ClN2O4S. The van der Waals surface area contributed by atoms with Crippen LogP contribution in [0, 0.1) is 6.92 Å². The van der Waals surface area contributed by atoms with Gasteiger partial charge in [-0.2, -0.15) is 0 Å². The van der Waals surface area contributed by atoms with Crippen LogP contribution in [-0.4, -0.2) is 40.8 Å². The topological polar surface area (TPSA) is 75.7 Å². The van der Waals surface area contributed by atoms with E-state index in [0.29, 0.717) is 23.7 Å². The number of benzene rings is 2. The van der Waals surface area contributed by atoms with Gasteiger partial charge in [-0.05, 0) is 48.7 Å². The lowest BCUT2D eigenvalue weighted by Crippen LogP contribution is -2.41. The molecule has 1 amide bonds. The molecule has 2 aromatic rings. The molecule has 0 atom stereocenters. The van der Waals surface area contributed by atoms with E-state index in [2.05, 4.69) is 5.32 Å². The van der Waals surface area contributed by atoms with Crippen molar-refractivity contribution in [3.63, 3.8) is 0 Å². The van der Waals surface area contributed by atoms with Gasteiger partial charge in [-0.25, -0.2) is 8.42 Å². The molecule has 8 heteroatoms. The molecule has 146 valence electrons. The Kier molecular flexibility index (Phi) is 7.10. The highest BCUT2D eigenvalue weighted by Gasteiger charge is 2.21. The van der Waals surface area contributed by atoms with Crippen LogP contribution in [-0.2, 0) is 21.2 Å². The Hall–Kier alpha value is -2.25. The lowest BCUT2D eigenvalue weighted by molar-refractivity contribution is -0.119. The van der Waals surface area contributed by atoms with Gasteiger partial charge in [0, 0.05) is 11.6 Å². The molecule has 27 heavy (non-hydrogen) atoms. The lowest BCUT2D eigenvalue weighted by atomic mass is 10.1. The number of carbonyl (C=O) groups excluding carboxylic acids is 1. The molecule has 0 unspecified atom stereocenters. The predicted molar refractivity (Wildman–Crippen MR) is 108 cm³/mol. The lowest BCUT2D eigenvalue weighted by Gasteiger charge is -2.22. The van der Waals surface area contributed by atoms with Crippen molar-refractivity contribution in [2.24, 2.45) is 0 Å². The fourth-order valence-corrected chi connectivity index (χ4v) is 3.48. The Labute approximate surface area is 165 Å². The van der Waals surface area contributed by atoms with Crippen LogP contribution in [0.25, 0.3) is 0 Å². The van der Waals surface area contributed by atoms with Crippen LogP contribution < -0.4 is 14.4 Å². The second-order valence-electron chi connectivity index (χ2n) is 6.15. The minimum absolute atomic E-state index is 0.305. The highest BCUT2D eigenvalue weighted by atomic mass is 35.5. The molecule has 0 aromatic heterocycles. The maximum atomic E-state index is 12.2. The first-order valence-corrected chi connectivity index (χ1v) is 10.6. The third-order valence-corrected chi connectivity index (χ3v) is 5.57. The van der Waals surface area contributed by atoms with Gasteiger partial charge in [0.15, 0.2) is 0 Å². The zero-order valence-corrected chi connectivity index (χ0v) is 17.1. The summed E-state index contributed by atoms with van der Waals surface area (Å²) in [5, 5.41) is 3.19. The van der Waals surface area contributed by atoms with Gasteiger partial charge in [-0.3, -0.25) is 9.10 Å². The van der Waals surface area contributed by atoms with E-state index in [4.69, 9.17) is 16.3 Å². The van der Waals surface area contributed by atoms with Gasteiger partial charge in [0.2, 0.25) is 15.9 Å². The zero-order chi connectivity index (χ0) is 20.0. The summed E-state index contributed by atoms with van der Waals surface area (Å²) >= 11 is 6.09. The summed E-state index contributed by atoms with van der Waals surface area (Å²) in [7, 11) is -2.03. The van der Waals surface area contributed by atoms with Gasteiger partial charge in [-0.15, -0.1) is 0 Å². The van der Waals surface area contributed by atoms with Gasteiger partial charge >= 0.3 is 0 Å². The summed E-state index contributed by atoms with van der Waals surface area (Å²) < 4.78 is 30.4. The first-order valence-electron chi connectivity index (χ1n) is 8.34. The van der Waals surface area contributed by atoms with E-state index in [0.717, 1.165) is 27.4 Å².